The molecule has 3 heterocycles. The van der Waals surface area contributed by atoms with E-state index in [1.165, 1.54) is 6.07 Å². The van der Waals surface area contributed by atoms with E-state index in [4.69, 9.17) is 0 Å². The lowest BCUT2D eigenvalue weighted by atomic mass is 10.0. The van der Waals surface area contributed by atoms with Crippen molar-refractivity contribution in [2.24, 2.45) is 7.05 Å². The molecule has 0 spiro atoms. The van der Waals surface area contributed by atoms with Gasteiger partial charge in [-0.2, -0.15) is 0 Å². The number of halogens is 1. The van der Waals surface area contributed by atoms with Gasteiger partial charge in [-0.15, -0.1) is 0 Å². The van der Waals surface area contributed by atoms with Crippen molar-refractivity contribution in [3.8, 4) is 11.3 Å². The number of aryl methyl sites for hydroxylation is 1. The maximum Gasteiger partial charge on any atom is 0.123 e. The van der Waals surface area contributed by atoms with E-state index in [9.17, 15) is 4.39 Å². The van der Waals surface area contributed by atoms with Gasteiger partial charge in [-0.1, -0.05) is 12.1 Å². The molecule has 0 atom stereocenters. The Balaban J connectivity index is 1.59. The van der Waals surface area contributed by atoms with Crippen molar-refractivity contribution in [1.29, 1.82) is 0 Å². The van der Waals surface area contributed by atoms with Gasteiger partial charge in [-0.25, -0.2) is 19.3 Å². The van der Waals surface area contributed by atoms with E-state index < -0.39 is 0 Å². The first kappa shape index (κ1) is 15.9. The van der Waals surface area contributed by atoms with Crippen LogP contribution in [0.1, 0.15) is 17.1 Å². The third-order valence-electron chi connectivity index (χ3n) is 4.76. The average Bonchev–Trinajstić information content (AvgIpc) is 2.90. The number of hydrogen-bond acceptors (Lipinski definition) is 4. The van der Waals surface area contributed by atoms with Crippen LogP contribution in [0.5, 0.6) is 0 Å². The summed E-state index contributed by atoms with van der Waals surface area (Å²) in [5, 5.41) is 0. The predicted octanol–water partition coefficient (Wildman–Crippen LogP) is 2.62. The van der Waals surface area contributed by atoms with Crippen LogP contribution in [0.4, 0.5) is 4.39 Å². The van der Waals surface area contributed by atoms with Gasteiger partial charge in [0.25, 0.3) is 0 Å². The molecule has 1 aromatic carbocycles. The van der Waals surface area contributed by atoms with E-state index in [2.05, 4.69) is 24.4 Å². The summed E-state index contributed by atoms with van der Waals surface area (Å²) in [6.07, 6.45) is 7.11. The second-order valence-electron chi connectivity index (χ2n) is 6.39. The minimum atomic E-state index is -0.241. The second kappa shape index (κ2) is 6.72. The minimum absolute atomic E-state index is 0.241. The van der Waals surface area contributed by atoms with Crippen LogP contribution < -0.4 is 0 Å². The lowest BCUT2D eigenvalue weighted by molar-refractivity contribution is 0.269. The topological polar surface area (TPSA) is 46.8 Å². The van der Waals surface area contributed by atoms with E-state index >= 15 is 0 Å². The lowest BCUT2D eigenvalue weighted by Crippen LogP contribution is -2.27. The molecule has 0 N–H and O–H groups in total. The van der Waals surface area contributed by atoms with Crippen LogP contribution in [-0.2, 0) is 26.4 Å². The summed E-state index contributed by atoms with van der Waals surface area (Å²) in [6, 6.07) is 6.63. The highest BCUT2D eigenvalue weighted by atomic mass is 19.1. The molecule has 0 saturated heterocycles. The highest BCUT2D eigenvalue weighted by Gasteiger charge is 2.20. The molecule has 0 fully saturated rings. The Labute approximate surface area is 146 Å². The Kier molecular flexibility index (Phi) is 4.28. The summed E-state index contributed by atoms with van der Waals surface area (Å²) >= 11 is 0. The van der Waals surface area contributed by atoms with Crippen molar-refractivity contribution in [3.05, 3.63) is 65.9 Å². The quantitative estimate of drug-likeness (QED) is 0.737. The normalized spacial score (nSPS) is 15.0. The van der Waals surface area contributed by atoms with Gasteiger partial charge in [0, 0.05) is 55.8 Å². The molecule has 3 aromatic rings. The fourth-order valence-corrected chi connectivity index (χ4v) is 3.36. The molecule has 0 aliphatic carbocycles. The summed E-state index contributed by atoms with van der Waals surface area (Å²) < 4.78 is 15.7. The summed E-state index contributed by atoms with van der Waals surface area (Å²) in [5.74, 6) is 0.817. The van der Waals surface area contributed by atoms with Crippen LogP contribution in [0.3, 0.4) is 0 Å². The number of hydrogen-bond donors (Lipinski definition) is 0. The van der Waals surface area contributed by atoms with Crippen molar-refractivity contribution >= 4 is 0 Å². The molecule has 4 rings (SSSR count). The first-order valence-electron chi connectivity index (χ1n) is 8.48. The van der Waals surface area contributed by atoms with E-state index in [0.717, 1.165) is 60.8 Å². The first-order chi connectivity index (χ1) is 12.2. The van der Waals surface area contributed by atoms with Gasteiger partial charge in [0.1, 0.15) is 18.0 Å². The van der Waals surface area contributed by atoms with Crippen molar-refractivity contribution < 1.29 is 4.39 Å². The predicted molar refractivity (Wildman–Crippen MR) is 93.3 cm³/mol. The highest BCUT2D eigenvalue weighted by Crippen LogP contribution is 2.26. The number of aromatic nitrogens is 4. The van der Waals surface area contributed by atoms with E-state index in [-0.39, 0.29) is 5.82 Å². The molecule has 1 aliphatic rings. The Hall–Kier alpha value is -2.60. The van der Waals surface area contributed by atoms with Gasteiger partial charge in [-0.05, 0) is 18.6 Å². The molecular weight excluding hydrogens is 317 g/mol. The van der Waals surface area contributed by atoms with Crippen LogP contribution >= 0.6 is 0 Å². The van der Waals surface area contributed by atoms with E-state index in [0.29, 0.717) is 0 Å². The number of nitrogens with zero attached hydrogens (tertiary/aromatic N) is 5. The van der Waals surface area contributed by atoms with Gasteiger partial charge in [0.05, 0.1) is 12.2 Å². The SMILES string of the molecule is Cn1ccnc1CN1CCc2ncnc(-c3cccc(F)c3)c2CC1. The van der Waals surface area contributed by atoms with Crippen LogP contribution in [0, 0.1) is 5.82 Å². The monoisotopic (exact) mass is 337 g/mol. The zero-order chi connectivity index (χ0) is 17.2. The molecule has 0 amide bonds. The molecule has 2 aromatic heterocycles. The Morgan fingerprint density at radius 3 is 2.80 bits per heavy atom. The Morgan fingerprint density at radius 1 is 1.12 bits per heavy atom. The molecule has 1 aliphatic heterocycles. The summed E-state index contributed by atoms with van der Waals surface area (Å²) in [7, 11) is 2.02. The molecule has 128 valence electrons. The fraction of sp³-hybridized carbons (Fsp3) is 0.316. The molecule has 25 heavy (non-hydrogen) atoms. The molecular formula is C19H20FN5. The van der Waals surface area contributed by atoms with Crippen molar-refractivity contribution in [3.63, 3.8) is 0 Å². The molecule has 5 nitrogen and oxygen atoms in total. The van der Waals surface area contributed by atoms with Gasteiger partial charge < -0.3 is 4.57 Å². The maximum atomic E-state index is 13.6. The van der Waals surface area contributed by atoms with Crippen molar-refractivity contribution in [1.82, 2.24) is 24.4 Å². The number of imidazole rings is 1. The van der Waals surface area contributed by atoms with Gasteiger partial charge >= 0.3 is 0 Å². The van der Waals surface area contributed by atoms with E-state index in [1.807, 2.05) is 25.5 Å². The van der Waals surface area contributed by atoms with Gasteiger partial charge in [0.15, 0.2) is 0 Å². The van der Waals surface area contributed by atoms with Crippen LogP contribution in [0.2, 0.25) is 0 Å². The average molecular weight is 337 g/mol. The van der Waals surface area contributed by atoms with Crippen LogP contribution in [-0.4, -0.2) is 37.5 Å². The Morgan fingerprint density at radius 2 is 2.00 bits per heavy atom. The van der Waals surface area contributed by atoms with Crippen LogP contribution in [0.25, 0.3) is 11.3 Å². The fourth-order valence-electron chi connectivity index (χ4n) is 3.36. The summed E-state index contributed by atoms with van der Waals surface area (Å²) in [6.45, 7) is 2.66. The zero-order valence-corrected chi connectivity index (χ0v) is 14.2. The first-order valence-corrected chi connectivity index (χ1v) is 8.48. The van der Waals surface area contributed by atoms with Crippen molar-refractivity contribution in [2.45, 2.75) is 19.4 Å². The van der Waals surface area contributed by atoms with Crippen molar-refractivity contribution in [2.75, 3.05) is 13.1 Å². The Bertz CT molecular complexity index is 889. The number of rotatable bonds is 3. The smallest absolute Gasteiger partial charge is 0.123 e. The van der Waals surface area contributed by atoms with Gasteiger partial charge in [0.2, 0.25) is 0 Å². The standard InChI is InChI=1S/C19H20FN5/c1-24-10-7-21-18(24)12-25-8-5-16-17(6-9-25)22-13-23-19(16)14-3-2-4-15(20)11-14/h2-4,7,10-11,13H,5-6,8-9,12H2,1H3. The number of fused-ring (bicyclic) bond motifs is 1. The highest BCUT2D eigenvalue weighted by molar-refractivity contribution is 5.64. The van der Waals surface area contributed by atoms with E-state index in [1.54, 1.807) is 18.5 Å². The molecule has 0 saturated carbocycles. The van der Waals surface area contributed by atoms with Gasteiger partial charge in [-0.3, -0.25) is 4.90 Å². The largest absolute Gasteiger partial charge is 0.337 e. The summed E-state index contributed by atoms with van der Waals surface area (Å²) in [4.78, 5) is 15.7. The lowest BCUT2D eigenvalue weighted by Gasteiger charge is -2.19. The minimum Gasteiger partial charge on any atom is -0.337 e. The molecule has 0 bridgehead atoms. The number of benzene rings is 1. The molecule has 6 heteroatoms. The molecule has 0 unspecified atom stereocenters. The second-order valence-corrected chi connectivity index (χ2v) is 6.39. The molecule has 0 radical (unpaired) electrons. The zero-order valence-electron chi connectivity index (χ0n) is 14.2. The third kappa shape index (κ3) is 3.30. The third-order valence-corrected chi connectivity index (χ3v) is 4.76. The maximum absolute atomic E-state index is 13.6. The summed E-state index contributed by atoms with van der Waals surface area (Å²) in [5.41, 5.74) is 3.87. The van der Waals surface area contributed by atoms with Crippen LogP contribution in [0.15, 0.2) is 43.0 Å².